The molecule has 1 aliphatic heterocycles. The number of halogens is 3. The van der Waals surface area contributed by atoms with Gasteiger partial charge < -0.3 is 15.4 Å². The van der Waals surface area contributed by atoms with Crippen molar-refractivity contribution in [3.05, 3.63) is 76.8 Å². The summed E-state index contributed by atoms with van der Waals surface area (Å²) in [5, 5.41) is 0.176. The fourth-order valence-corrected chi connectivity index (χ4v) is 5.93. The van der Waals surface area contributed by atoms with E-state index in [1.165, 1.54) is 24.5 Å². The fourth-order valence-electron chi connectivity index (χ4n) is 4.94. The van der Waals surface area contributed by atoms with E-state index in [0.29, 0.717) is 24.7 Å². The van der Waals surface area contributed by atoms with E-state index in [1.807, 2.05) is 19.9 Å². The van der Waals surface area contributed by atoms with Crippen LogP contribution in [0, 0.1) is 17.7 Å². The first-order chi connectivity index (χ1) is 19.1. The number of fused-ring (bicyclic) bond motifs is 1. The molecule has 1 aliphatic carbocycles. The summed E-state index contributed by atoms with van der Waals surface area (Å²) in [5.74, 6) is -0.137. The third kappa shape index (κ3) is 5.04. The molecule has 12 heteroatoms. The third-order valence-electron chi connectivity index (χ3n) is 7.16. The highest BCUT2D eigenvalue weighted by Crippen LogP contribution is 2.49. The highest BCUT2D eigenvalue weighted by molar-refractivity contribution is 7.17. The molecule has 2 atom stereocenters. The number of ether oxygens (including phenoxy) is 1. The largest absolute Gasteiger partial charge is 0.474 e. The van der Waals surface area contributed by atoms with Crippen LogP contribution in [-0.2, 0) is 5.54 Å². The van der Waals surface area contributed by atoms with Crippen molar-refractivity contribution >= 4 is 17.2 Å². The van der Waals surface area contributed by atoms with Crippen molar-refractivity contribution in [1.29, 1.82) is 0 Å². The number of hydrogen-bond donors (Lipinski definition) is 1. The average molecular weight is 567 g/mol. The van der Waals surface area contributed by atoms with Crippen molar-refractivity contribution in [2.24, 2.45) is 17.6 Å². The number of carbonyl (C=O) groups excluding carboxylic acids is 1. The van der Waals surface area contributed by atoms with Crippen LogP contribution in [-0.4, -0.2) is 49.9 Å². The van der Waals surface area contributed by atoms with E-state index in [0.717, 1.165) is 22.5 Å². The van der Waals surface area contributed by atoms with Crippen LogP contribution >= 0.6 is 11.3 Å². The van der Waals surface area contributed by atoms with Gasteiger partial charge in [-0.2, -0.15) is 0 Å². The van der Waals surface area contributed by atoms with Crippen molar-refractivity contribution in [1.82, 2.24) is 24.8 Å². The van der Waals surface area contributed by atoms with Gasteiger partial charge in [-0.15, -0.1) is 11.3 Å². The number of nitrogens with two attached hydrogens (primary N) is 1. The van der Waals surface area contributed by atoms with Gasteiger partial charge in [-0.1, -0.05) is 0 Å². The van der Waals surface area contributed by atoms with Crippen LogP contribution in [0.1, 0.15) is 41.2 Å². The standard InChI is InChI=1S/C28H25F3N6O2S/c1-28(2,32)15-10-19(14-4-6-16(29)7-5-14)35-20(11-15)39-22-17-12-37(13-18(17)22)27(38)23-21(24(30)31)36-26(40-23)25-33-8-3-9-34-25/h3-11,17-18,22,24H,12-13,32H2,1-2H3. The predicted octanol–water partition coefficient (Wildman–Crippen LogP) is 5.08. The number of alkyl halides is 2. The minimum Gasteiger partial charge on any atom is -0.474 e. The number of nitrogens with zero attached hydrogens (tertiary/aromatic N) is 5. The van der Waals surface area contributed by atoms with Crippen molar-refractivity contribution in [3.8, 4) is 28.0 Å². The number of aromatic nitrogens is 4. The first kappa shape index (κ1) is 26.3. The molecule has 3 aromatic heterocycles. The molecule has 2 N–H and O–H groups in total. The summed E-state index contributed by atoms with van der Waals surface area (Å²) < 4.78 is 47.2. The number of likely N-dealkylation sites (tertiary alicyclic amines) is 1. The Bertz CT molecular complexity index is 1550. The van der Waals surface area contributed by atoms with Gasteiger partial charge in [0.25, 0.3) is 12.3 Å². The number of pyridine rings is 1. The van der Waals surface area contributed by atoms with Crippen molar-refractivity contribution in [2.75, 3.05) is 13.1 Å². The number of amides is 1. The second kappa shape index (κ2) is 9.93. The molecule has 4 aromatic rings. The topological polar surface area (TPSA) is 107 Å². The van der Waals surface area contributed by atoms with Crippen LogP contribution in [0.15, 0.2) is 54.9 Å². The number of thiazole rings is 1. The maximum Gasteiger partial charge on any atom is 0.282 e. The van der Waals surface area contributed by atoms with E-state index in [1.54, 1.807) is 29.2 Å². The molecule has 1 aromatic carbocycles. The summed E-state index contributed by atoms with van der Waals surface area (Å²) >= 11 is 0.876. The Morgan fingerprint density at radius 2 is 1.77 bits per heavy atom. The first-order valence-electron chi connectivity index (χ1n) is 12.7. The van der Waals surface area contributed by atoms with Gasteiger partial charge in [0.2, 0.25) is 5.88 Å². The van der Waals surface area contributed by atoms with E-state index in [9.17, 15) is 18.0 Å². The molecular weight excluding hydrogens is 541 g/mol. The smallest absolute Gasteiger partial charge is 0.282 e. The minimum absolute atomic E-state index is 0.0504. The molecule has 1 saturated carbocycles. The number of rotatable bonds is 7. The lowest BCUT2D eigenvalue weighted by Crippen LogP contribution is -2.33. The minimum atomic E-state index is -2.90. The van der Waals surface area contributed by atoms with Crippen molar-refractivity contribution < 1.29 is 22.7 Å². The molecular formula is C28H25F3N6O2S. The molecule has 2 unspecified atom stereocenters. The second-order valence-electron chi connectivity index (χ2n) is 10.5. The SMILES string of the molecule is CC(C)(N)c1cc(OC2C3CN(C(=O)c4sc(-c5ncccn5)nc4C(F)F)CC32)nc(-c2ccc(F)cc2)c1. The highest BCUT2D eigenvalue weighted by Gasteiger charge is 2.59. The van der Waals surface area contributed by atoms with Gasteiger partial charge >= 0.3 is 0 Å². The summed E-state index contributed by atoms with van der Waals surface area (Å²) in [4.78, 5) is 31.5. The van der Waals surface area contributed by atoms with Crippen LogP contribution in [0.4, 0.5) is 13.2 Å². The van der Waals surface area contributed by atoms with Crippen LogP contribution in [0.2, 0.25) is 0 Å². The number of piperidine rings is 1. The molecule has 1 saturated heterocycles. The predicted molar refractivity (Wildman–Crippen MR) is 142 cm³/mol. The quantitative estimate of drug-likeness (QED) is 0.332. The Hall–Kier alpha value is -3.90. The lowest BCUT2D eigenvalue weighted by molar-refractivity contribution is 0.0744. The number of benzene rings is 1. The van der Waals surface area contributed by atoms with E-state index in [2.05, 4.69) is 19.9 Å². The normalized spacial score (nSPS) is 20.1. The van der Waals surface area contributed by atoms with Gasteiger partial charge in [-0.3, -0.25) is 4.79 Å². The summed E-state index contributed by atoms with van der Waals surface area (Å²) in [6.07, 6.45) is -0.0916. The fraction of sp³-hybridized carbons (Fsp3) is 0.321. The highest BCUT2D eigenvalue weighted by atomic mass is 32.1. The van der Waals surface area contributed by atoms with Crippen LogP contribution < -0.4 is 10.5 Å². The zero-order valence-corrected chi connectivity index (χ0v) is 22.4. The van der Waals surface area contributed by atoms with Crippen LogP contribution in [0.25, 0.3) is 22.1 Å². The van der Waals surface area contributed by atoms with Gasteiger partial charge in [-0.05, 0) is 55.8 Å². The molecule has 0 bridgehead atoms. The average Bonchev–Trinajstić information content (AvgIpc) is 3.29. The maximum absolute atomic E-state index is 13.8. The molecule has 0 spiro atoms. The Morgan fingerprint density at radius 1 is 1.10 bits per heavy atom. The molecule has 2 aliphatic rings. The molecule has 206 valence electrons. The molecule has 0 radical (unpaired) electrons. The molecule has 40 heavy (non-hydrogen) atoms. The zero-order valence-electron chi connectivity index (χ0n) is 21.6. The zero-order chi connectivity index (χ0) is 28.2. The Kier molecular flexibility index (Phi) is 6.54. The summed E-state index contributed by atoms with van der Waals surface area (Å²) in [6, 6.07) is 11.3. The third-order valence-corrected chi connectivity index (χ3v) is 8.21. The van der Waals surface area contributed by atoms with Gasteiger partial charge in [0.15, 0.2) is 10.8 Å². The van der Waals surface area contributed by atoms with Gasteiger partial charge in [0, 0.05) is 54.5 Å². The lowest BCUT2D eigenvalue weighted by Gasteiger charge is -2.22. The van der Waals surface area contributed by atoms with E-state index < -0.39 is 23.6 Å². The lowest BCUT2D eigenvalue weighted by atomic mass is 9.95. The Balaban J connectivity index is 1.18. The monoisotopic (exact) mass is 566 g/mol. The first-order valence-corrected chi connectivity index (χ1v) is 13.5. The Morgan fingerprint density at radius 3 is 2.40 bits per heavy atom. The molecule has 1 amide bonds. The summed E-state index contributed by atoms with van der Waals surface area (Å²) in [5.41, 5.74) is 7.28. The molecule has 6 rings (SSSR count). The Labute approximate surface area is 232 Å². The maximum atomic E-state index is 13.8. The van der Waals surface area contributed by atoms with E-state index >= 15 is 0 Å². The summed E-state index contributed by atoms with van der Waals surface area (Å²) in [7, 11) is 0. The van der Waals surface area contributed by atoms with Crippen molar-refractivity contribution in [2.45, 2.75) is 31.9 Å². The van der Waals surface area contributed by atoms with Gasteiger partial charge in [0.05, 0.1) is 5.69 Å². The molecule has 8 nitrogen and oxygen atoms in total. The summed E-state index contributed by atoms with van der Waals surface area (Å²) in [6.45, 7) is 4.49. The van der Waals surface area contributed by atoms with E-state index in [-0.39, 0.29) is 39.5 Å². The molecule has 4 heterocycles. The van der Waals surface area contributed by atoms with Crippen LogP contribution in [0.3, 0.4) is 0 Å². The second-order valence-corrected chi connectivity index (χ2v) is 11.5. The van der Waals surface area contributed by atoms with E-state index in [4.69, 9.17) is 10.5 Å². The number of hydrogen-bond acceptors (Lipinski definition) is 8. The van der Waals surface area contributed by atoms with Gasteiger partial charge in [-0.25, -0.2) is 33.1 Å². The van der Waals surface area contributed by atoms with Gasteiger partial charge in [0.1, 0.15) is 22.5 Å². The molecule has 2 fully saturated rings. The van der Waals surface area contributed by atoms with Crippen molar-refractivity contribution in [3.63, 3.8) is 0 Å². The number of carbonyl (C=O) groups is 1. The van der Waals surface area contributed by atoms with Crippen LogP contribution in [0.5, 0.6) is 5.88 Å².